The molecule has 0 aromatic heterocycles. The van der Waals surface area contributed by atoms with Gasteiger partial charge in [0.15, 0.2) is 0 Å². The molecule has 0 aliphatic heterocycles. The van der Waals surface area contributed by atoms with Crippen molar-refractivity contribution >= 4 is 11.6 Å². The van der Waals surface area contributed by atoms with E-state index < -0.39 is 0 Å². The summed E-state index contributed by atoms with van der Waals surface area (Å²) in [7, 11) is 0. The molecule has 1 nitrogen and oxygen atoms in total. The quantitative estimate of drug-likeness (QED) is 0.352. The van der Waals surface area contributed by atoms with Crippen LogP contribution in [-0.2, 0) is 0 Å². The minimum Gasteiger partial charge on any atom is -0.316 e. The highest BCUT2D eigenvalue weighted by molar-refractivity contribution is 6.17. The second kappa shape index (κ2) is 12.3. The molecule has 0 bridgehead atoms. The zero-order chi connectivity index (χ0) is 13.7. The molecule has 0 atom stereocenters. The van der Waals surface area contributed by atoms with Crippen LogP contribution < -0.4 is 5.32 Å². The van der Waals surface area contributed by atoms with E-state index in [1.165, 1.54) is 57.9 Å². The molecule has 110 valence electrons. The van der Waals surface area contributed by atoms with E-state index in [4.69, 9.17) is 11.6 Å². The molecule has 0 heterocycles. The molecule has 0 saturated carbocycles. The van der Waals surface area contributed by atoms with Gasteiger partial charge in [0.2, 0.25) is 0 Å². The largest absolute Gasteiger partial charge is 0.316 e. The SMILES string of the molecule is CCCCCCCCCNCC(C)(C)CCCCl. The standard InChI is InChI=1S/C16H34ClN/c1-4-5-6-7-8-9-10-14-18-15-16(2,3)12-11-13-17/h18H,4-15H2,1-3H3. The molecule has 2 heteroatoms. The molecule has 0 rings (SSSR count). The molecule has 0 spiro atoms. The predicted octanol–water partition coefficient (Wildman–Crippen LogP) is 5.37. The van der Waals surface area contributed by atoms with E-state index in [0.717, 1.165) is 18.8 Å². The smallest absolute Gasteiger partial charge is 0.0223 e. The summed E-state index contributed by atoms with van der Waals surface area (Å²) in [4.78, 5) is 0. The number of halogens is 1. The zero-order valence-electron chi connectivity index (χ0n) is 12.9. The third kappa shape index (κ3) is 12.7. The van der Waals surface area contributed by atoms with Crippen molar-refractivity contribution in [2.75, 3.05) is 19.0 Å². The highest BCUT2D eigenvalue weighted by atomic mass is 35.5. The topological polar surface area (TPSA) is 12.0 Å². The second-order valence-electron chi connectivity index (χ2n) is 6.25. The van der Waals surface area contributed by atoms with Crippen molar-refractivity contribution in [2.24, 2.45) is 5.41 Å². The highest BCUT2D eigenvalue weighted by Gasteiger charge is 2.15. The van der Waals surface area contributed by atoms with E-state index in [9.17, 15) is 0 Å². The van der Waals surface area contributed by atoms with E-state index in [1.807, 2.05) is 0 Å². The Morgan fingerprint density at radius 2 is 1.50 bits per heavy atom. The first kappa shape index (κ1) is 18.2. The van der Waals surface area contributed by atoms with Crippen LogP contribution in [0.3, 0.4) is 0 Å². The molecule has 0 saturated heterocycles. The Kier molecular flexibility index (Phi) is 12.5. The van der Waals surface area contributed by atoms with Gasteiger partial charge in [0.25, 0.3) is 0 Å². The van der Waals surface area contributed by atoms with Gasteiger partial charge in [0.05, 0.1) is 0 Å². The van der Waals surface area contributed by atoms with E-state index in [2.05, 4.69) is 26.1 Å². The molecule has 0 amide bonds. The Bertz CT molecular complexity index is 168. The molecule has 1 N–H and O–H groups in total. The maximum atomic E-state index is 5.74. The number of nitrogens with one attached hydrogen (secondary N) is 1. The van der Waals surface area contributed by atoms with Gasteiger partial charge in [-0.2, -0.15) is 0 Å². The van der Waals surface area contributed by atoms with Crippen LogP contribution in [0.1, 0.15) is 78.6 Å². The average molecular weight is 276 g/mol. The van der Waals surface area contributed by atoms with Crippen LogP contribution in [0.2, 0.25) is 0 Å². The molecule has 0 aliphatic carbocycles. The minimum atomic E-state index is 0.399. The van der Waals surface area contributed by atoms with Crippen molar-refractivity contribution in [3.8, 4) is 0 Å². The van der Waals surface area contributed by atoms with E-state index in [0.29, 0.717) is 5.41 Å². The third-order valence-electron chi connectivity index (χ3n) is 3.55. The molecule has 0 aromatic carbocycles. The first-order valence-electron chi connectivity index (χ1n) is 7.89. The molecule has 0 aromatic rings. The lowest BCUT2D eigenvalue weighted by Crippen LogP contribution is -2.30. The van der Waals surface area contributed by atoms with Gasteiger partial charge in [-0.1, -0.05) is 59.3 Å². The summed E-state index contributed by atoms with van der Waals surface area (Å²) in [6.45, 7) is 9.24. The Morgan fingerprint density at radius 3 is 2.11 bits per heavy atom. The van der Waals surface area contributed by atoms with Crippen LogP contribution in [0.4, 0.5) is 0 Å². The summed E-state index contributed by atoms with van der Waals surface area (Å²) in [6.07, 6.45) is 12.1. The van der Waals surface area contributed by atoms with Crippen LogP contribution in [0, 0.1) is 5.41 Å². The number of hydrogen-bond acceptors (Lipinski definition) is 1. The monoisotopic (exact) mass is 275 g/mol. The van der Waals surface area contributed by atoms with Gasteiger partial charge in [0, 0.05) is 12.4 Å². The fraction of sp³-hybridized carbons (Fsp3) is 1.00. The normalized spacial score (nSPS) is 12.0. The maximum Gasteiger partial charge on any atom is 0.0223 e. The number of unbranched alkanes of at least 4 members (excludes halogenated alkanes) is 6. The predicted molar refractivity (Wildman–Crippen MR) is 84.6 cm³/mol. The Morgan fingerprint density at radius 1 is 0.889 bits per heavy atom. The van der Waals surface area contributed by atoms with Crippen molar-refractivity contribution in [3.05, 3.63) is 0 Å². The van der Waals surface area contributed by atoms with Gasteiger partial charge >= 0.3 is 0 Å². The van der Waals surface area contributed by atoms with Gasteiger partial charge in [0.1, 0.15) is 0 Å². The Hall–Kier alpha value is 0.250. The van der Waals surface area contributed by atoms with Crippen LogP contribution in [0.15, 0.2) is 0 Å². The lowest BCUT2D eigenvalue weighted by Gasteiger charge is -2.24. The van der Waals surface area contributed by atoms with Crippen LogP contribution in [0.25, 0.3) is 0 Å². The van der Waals surface area contributed by atoms with Crippen molar-refractivity contribution in [1.82, 2.24) is 5.32 Å². The van der Waals surface area contributed by atoms with Crippen molar-refractivity contribution in [1.29, 1.82) is 0 Å². The minimum absolute atomic E-state index is 0.399. The molecule has 0 unspecified atom stereocenters. The van der Waals surface area contributed by atoms with E-state index in [1.54, 1.807) is 0 Å². The van der Waals surface area contributed by atoms with E-state index >= 15 is 0 Å². The number of alkyl halides is 1. The molecule has 18 heavy (non-hydrogen) atoms. The summed E-state index contributed by atoms with van der Waals surface area (Å²) in [5.74, 6) is 0.793. The van der Waals surface area contributed by atoms with Crippen LogP contribution >= 0.6 is 11.6 Å². The molecular weight excluding hydrogens is 242 g/mol. The summed E-state index contributed by atoms with van der Waals surface area (Å²) >= 11 is 5.74. The summed E-state index contributed by atoms with van der Waals surface area (Å²) < 4.78 is 0. The summed E-state index contributed by atoms with van der Waals surface area (Å²) in [5.41, 5.74) is 0.399. The molecule has 0 radical (unpaired) electrons. The van der Waals surface area contributed by atoms with Crippen LogP contribution in [0.5, 0.6) is 0 Å². The highest BCUT2D eigenvalue weighted by Crippen LogP contribution is 2.21. The average Bonchev–Trinajstić information content (AvgIpc) is 2.34. The fourth-order valence-corrected chi connectivity index (χ4v) is 2.40. The zero-order valence-corrected chi connectivity index (χ0v) is 13.6. The van der Waals surface area contributed by atoms with Crippen LogP contribution in [-0.4, -0.2) is 19.0 Å². The number of rotatable bonds is 13. The Balaban J connectivity index is 3.23. The lowest BCUT2D eigenvalue weighted by atomic mass is 9.88. The summed E-state index contributed by atoms with van der Waals surface area (Å²) in [5, 5.41) is 3.59. The lowest BCUT2D eigenvalue weighted by molar-refractivity contribution is 0.311. The maximum absolute atomic E-state index is 5.74. The second-order valence-corrected chi connectivity index (χ2v) is 6.63. The van der Waals surface area contributed by atoms with Crippen molar-refractivity contribution in [3.63, 3.8) is 0 Å². The molecular formula is C16H34ClN. The first-order valence-corrected chi connectivity index (χ1v) is 8.42. The summed E-state index contributed by atoms with van der Waals surface area (Å²) in [6, 6.07) is 0. The van der Waals surface area contributed by atoms with Gasteiger partial charge in [-0.3, -0.25) is 0 Å². The van der Waals surface area contributed by atoms with Gasteiger partial charge in [-0.15, -0.1) is 11.6 Å². The first-order chi connectivity index (χ1) is 8.62. The van der Waals surface area contributed by atoms with Gasteiger partial charge < -0.3 is 5.32 Å². The molecule has 0 fully saturated rings. The third-order valence-corrected chi connectivity index (χ3v) is 3.82. The van der Waals surface area contributed by atoms with Crippen molar-refractivity contribution in [2.45, 2.75) is 78.6 Å². The number of hydrogen-bond donors (Lipinski definition) is 1. The van der Waals surface area contributed by atoms with Crippen molar-refractivity contribution < 1.29 is 0 Å². The Labute approximate surface area is 120 Å². The molecule has 0 aliphatic rings. The van der Waals surface area contributed by atoms with Gasteiger partial charge in [-0.05, 0) is 31.2 Å². The van der Waals surface area contributed by atoms with Gasteiger partial charge in [-0.25, -0.2) is 0 Å². The van der Waals surface area contributed by atoms with E-state index in [-0.39, 0.29) is 0 Å². The fourth-order valence-electron chi connectivity index (χ4n) is 2.27.